The summed E-state index contributed by atoms with van der Waals surface area (Å²) in [5, 5.41) is 2.11. The van der Waals surface area contributed by atoms with E-state index < -0.39 is 29.0 Å². The van der Waals surface area contributed by atoms with E-state index in [1.165, 1.54) is 0 Å². The van der Waals surface area contributed by atoms with Gasteiger partial charge in [0.05, 0.1) is 22.7 Å². The minimum Gasteiger partial charge on any atom is -0.392 e. The van der Waals surface area contributed by atoms with Crippen LogP contribution < -0.4 is 11.1 Å². The highest BCUT2D eigenvalue weighted by atomic mass is 32.1. The Hall–Kier alpha value is -1.70. The molecule has 0 spiro atoms. The third kappa shape index (κ3) is 3.66. The van der Waals surface area contributed by atoms with Crippen molar-refractivity contribution < 1.29 is 22.4 Å². The van der Waals surface area contributed by atoms with Gasteiger partial charge in [-0.3, -0.25) is 4.79 Å². The van der Waals surface area contributed by atoms with Crippen molar-refractivity contribution in [2.24, 2.45) is 5.73 Å². The van der Waals surface area contributed by atoms with Gasteiger partial charge in [0.1, 0.15) is 5.82 Å². The van der Waals surface area contributed by atoms with Crippen molar-refractivity contribution in [3.05, 3.63) is 35.1 Å². The molecule has 0 radical (unpaired) electrons. The summed E-state index contributed by atoms with van der Waals surface area (Å²) >= 11 is 4.47. The van der Waals surface area contributed by atoms with Crippen molar-refractivity contribution in [3.63, 3.8) is 0 Å². The molecule has 0 aliphatic carbocycles. The number of carbonyl (C=O) groups is 1. The molecule has 0 heterocycles. The van der Waals surface area contributed by atoms with E-state index in [1.807, 2.05) is 0 Å². The quantitative estimate of drug-likeness (QED) is 0.656. The summed E-state index contributed by atoms with van der Waals surface area (Å²) in [7, 11) is 0. The lowest BCUT2D eigenvalue weighted by Crippen LogP contribution is -2.32. The normalized spacial score (nSPS) is 11.1. The Kier molecular flexibility index (Phi) is 4.23. The molecule has 0 saturated carbocycles. The van der Waals surface area contributed by atoms with E-state index in [4.69, 9.17) is 5.73 Å². The molecule has 0 atom stereocenters. The number of hydrogen-bond acceptors (Lipinski definition) is 2. The Morgan fingerprint density at radius 2 is 2.00 bits per heavy atom. The zero-order valence-corrected chi connectivity index (χ0v) is 9.66. The lowest BCUT2D eigenvalue weighted by atomic mass is 10.1. The fourth-order valence-electron chi connectivity index (χ4n) is 1.14. The van der Waals surface area contributed by atoms with Crippen molar-refractivity contribution in [1.82, 2.24) is 5.32 Å². The number of amides is 1. The molecular formula is C10H8F4N2OS. The second-order valence-corrected chi connectivity index (χ2v) is 3.87. The lowest BCUT2D eigenvalue weighted by molar-refractivity contribution is -0.137. The molecule has 0 aliphatic heterocycles. The SMILES string of the molecule is NC(=S)CNC(=O)c1cc(C(F)(F)F)ccc1F. The summed E-state index contributed by atoms with van der Waals surface area (Å²) in [4.78, 5) is 11.4. The van der Waals surface area contributed by atoms with Gasteiger partial charge >= 0.3 is 6.18 Å². The first-order valence-electron chi connectivity index (χ1n) is 4.65. The highest BCUT2D eigenvalue weighted by Gasteiger charge is 2.31. The first kappa shape index (κ1) is 14.4. The number of nitrogens with two attached hydrogens (primary N) is 1. The molecule has 1 aromatic carbocycles. The van der Waals surface area contributed by atoms with Crippen LogP contribution in [0.15, 0.2) is 18.2 Å². The Balaban J connectivity index is 3.01. The second kappa shape index (κ2) is 5.30. The number of halogens is 4. The van der Waals surface area contributed by atoms with Crippen LogP contribution in [-0.2, 0) is 6.18 Å². The third-order valence-electron chi connectivity index (χ3n) is 1.96. The number of thiocarbonyl (C=S) groups is 1. The first-order chi connectivity index (χ1) is 8.21. The van der Waals surface area contributed by atoms with Gasteiger partial charge in [-0.15, -0.1) is 0 Å². The summed E-state index contributed by atoms with van der Waals surface area (Å²) < 4.78 is 50.4. The maximum atomic E-state index is 13.2. The molecule has 18 heavy (non-hydrogen) atoms. The van der Waals surface area contributed by atoms with Gasteiger partial charge in [-0.1, -0.05) is 12.2 Å². The van der Waals surface area contributed by atoms with E-state index in [0.29, 0.717) is 18.2 Å². The van der Waals surface area contributed by atoms with E-state index in [0.717, 1.165) is 0 Å². The molecular weight excluding hydrogens is 272 g/mol. The maximum Gasteiger partial charge on any atom is 0.416 e. The van der Waals surface area contributed by atoms with E-state index in [1.54, 1.807) is 0 Å². The first-order valence-corrected chi connectivity index (χ1v) is 5.06. The van der Waals surface area contributed by atoms with Crippen molar-refractivity contribution in [1.29, 1.82) is 0 Å². The van der Waals surface area contributed by atoms with Crippen molar-refractivity contribution >= 4 is 23.1 Å². The summed E-state index contributed by atoms with van der Waals surface area (Å²) in [6.45, 7) is -0.218. The molecule has 3 N–H and O–H groups in total. The van der Waals surface area contributed by atoms with Crippen LogP contribution in [0.3, 0.4) is 0 Å². The van der Waals surface area contributed by atoms with E-state index in [-0.39, 0.29) is 11.5 Å². The summed E-state index contributed by atoms with van der Waals surface area (Å²) in [6, 6.07) is 1.57. The van der Waals surface area contributed by atoms with Crippen LogP contribution in [0.1, 0.15) is 15.9 Å². The van der Waals surface area contributed by atoms with Crippen molar-refractivity contribution in [3.8, 4) is 0 Å². The molecule has 0 aromatic heterocycles. The number of nitrogens with one attached hydrogen (secondary N) is 1. The monoisotopic (exact) mass is 280 g/mol. The fraction of sp³-hybridized carbons (Fsp3) is 0.200. The van der Waals surface area contributed by atoms with E-state index in [2.05, 4.69) is 17.5 Å². The van der Waals surface area contributed by atoms with Gasteiger partial charge in [0.15, 0.2) is 0 Å². The smallest absolute Gasteiger partial charge is 0.392 e. The molecule has 3 nitrogen and oxygen atoms in total. The molecule has 0 unspecified atom stereocenters. The Bertz CT molecular complexity index is 487. The van der Waals surface area contributed by atoms with Gasteiger partial charge in [-0.05, 0) is 18.2 Å². The minimum absolute atomic E-state index is 0.0595. The summed E-state index contributed by atoms with van der Waals surface area (Å²) in [6.07, 6.45) is -4.65. The Morgan fingerprint density at radius 3 is 2.50 bits per heavy atom. The zero-order valence-electron chi connectivity index (χ0n) is 8.84. The van der Waals surface area contributed by atoms with Crippen LogP contribution >= 0.6 is 12.2 Å². The molecule has 1 aromatic rings. The van der Waals surface area contributed by atoms with E-state index >= 15 is 0 Å². The van der Waals surface area contributed by atoms with Crippen LogP contribution in [0.4, 0.5) is 17.6 Å². The van der Waals surface area contributed by atoms with Crippen LogP contribution in [-0.4, -0.2) is 17.4 Å². The average molecular weight is 280 g/mol. The van der Waals surface area contributed by atoms with Crippen LogP contribution in [0.25, 0.3) is 0 Å². The number of hydrogen-bond donors (Lipinski definition) is 2. The Labute approximate surface area is 105 Å². The van der Waals surface area contributed by atoms with Crippen molar-refractivity contribution in [2.45, 2.75) is 6.18 Å². The number of carbonyl (C=O) groups excluding carboxylic acids is 1. The van der Waals surface area contributed by atoms with Gasteiger partial charge in [-0.2, -0.15) is 13.2 Å². The van der Waals surface area contributed by atoms with Gasteiger partial charge < -0.3 is 11.1 Å². The number of rotatable bonds is 3. The molecule has 8 heteroatoms. The van der Waals surface area contributed by atoms with Gasteiger partial charge in [-0.25, -0.2) is 4.39 Å². The molecule has 0 saturated heterocycles. The highest BCUT2D eigenvalue weighted by molar-refractivity contribution is 7.80. The van der Waals surface area contributed by atoms with Gasteiger partial charge in [0.25, 0.3) is 5.91 Å². The van der Waals surface area contributed by atoms with Gasteiger partial charge in [0.2, 0.25) is 0 Å². The third-order valence-corrected chi connectivity index (χ3v) is 2.11. The van der Waals surface area contributed by atoms with Crippen LogP contribution in [0, 0.1) is 5.82 Å². The average Bonchev–Trinajstić information content (AvgIpc) is 2.24. The molecule has 0 fully saturated rings. The van der Waals surface area contributed by atoms with Crippen LogP contribution in [0.2, 0.25) is 0 Å². The second-order valence-electron chi connectivity index (χ2n) is 3.34. The zero-order chi connectivity index (χ0) is 13.9. The van der Waals surface area contributed by atoms with Crippen molar-refractivity contribution in [2.75, 3.05) is 6.54 Å². The van der Waals surface area contributed by atoms with Crippen LogP contribution in [0.5, 0.6) is 0 Å². The molecule has 1 rings (SSSR count). The fourth-order valence-corrected chi connectivity index (χ4v) is 1.21. The standard InChI is InChI=1S/C10H8F4N2OS/c11-7-2-1-5(10(12,13)14)3-6(7)9(17)16-4-8(15)18/h1-3H,4H2,(H2,15,18)(H,16,17). The van der Waals surface area contributed by atoms with Gasteiger partial charge in [0, 0.05) is 0 Å². The predicted octanol–water partition coefficient (Wildman–Crippen LogP) is 1.86. The molecule has 1 amide bonds. The minimum atomic E-state index is -4.65. The molecule has 0 aliphatic rings. The number of alkyl halides is 3. The molecule has 98 valence electrons. The topological polar surface area (TPSA) is 55.1 Å². The highest BCUT2D eigenvalue weighted by Crippen LogP contribution is 2.30. The lowest BCUT2D eigenvalue weighted by Gasteiger charge is -2.09. The molecule has 0 bridgehead atoms. The maximum absolute atomic E-state index is 13.2. The predicted molar refractivity (Wildman–Crippen MR) is 60.5 cm³/mol. The summed E-state index contributed by atoms with van der Waals surface area (Å²) in [5.74, 6) is -2.06. The number of benzene rings is 1. The van der Waals surface area contributed by atoms with E-state index in [9.17, 15) is 22.4 Å². The summed E-state index contributed by atoms with van der Waals surface area (Å²) in [5.41, 5.74) is 3.28. The Morgan fingerprint density at radius 1 is 1.39 bits per heavy atom. The largest absolute Gasteiger partial charge is 0.416 e.